The molecule has 4 rings (SSSR count). The fraction of sp³-hybridized carbons (Fsp3) is 0.581. The standard InChI is InChI=1S/C31H43NO4S/c1-21(15-17-37(35,36)27-11-7-23(8-12-27)20-32-4)28-13-14-29-24(6-5-16-31(28,29)3)9-10-25-18-26(33)19-30(34)22(25)2/h7-12,20-21,26,28-30,33-34H,2,5-6,13-19H2,1,3-4H3/b24-9+,25-10-,32-20+/t21-,26-,28-,29+,30+,31-/m1/s1. The van der Waals surface area contributed by atoms with Gasteiger partial charge in [0.2, 0.25) is 0 Å². The molecule has 3 saturated carbocycles. The van der Waals surface area contributed by atoms with Gasteiger partial charge in [0.25, 0.3) is 0 Å². The van der Waals surface area contributed by atoms with E-state index in [-0.39, 0.29) is 11.2 Å². The molecule has 5 nitrogen and oxygen atoms in total. The van der Waals surface area contributed by atoms with Crippen LogP contribution in [0, 0.1) is 23.2 Å². The molecule has 3 aliphatic rings. The Hall–Kier alpha value is -2.02. The van der Waals surface area contributed by atoms with Crippen LogP contribution in [0.25, 0.3) is 0 Å². The predicted octanol–water partition coefficient (Wildman–Crippen LogP) is 5.68. The molecular weight excluding hydrogens is 482 g/mol. The number of fused-ring (bicyclic) bond motifs is 1. The number of sulfone groups is 1. The highest BCUT2D eigenvalue weighted by Gasteiger charge is 2.50. The lowest BCUT2D eigenvalue weighted by atomic mass is 9.61. The molecule has 1 aromatic rings. The quantitative estimate of drug-likeness (QED) is 0.449. The molecule has 37 heavy (non-hydrogen) atoms. The van der Waals surface area contributed by atoms with Crippen LogP contribution in [0.1, 0.15) is 70.8 Å². The lowest BCUT2D eigenvalue weighted by molar-refractivity contribution is 0.0861. The highest BCUT2D eigenvalue weighted by atomic mass is 32.2. The van der Waals surface area contributed by atoms with E-state index in [1.165, 1.54) is 12.0 Å². The van der Waals surface area contributed by atoms with Crippen molar-refractivity contribution in [1.82, 2.24) is 0 Å². The zero-order valence-corrected chi connectivity index (χ0v) is 23.4. The smallest absolute Gasteiger partial charge is 0.178 e. The fourth-order valence-electron chi connectivity index (χ4n) is 7.25. The molecule has 202 valence electrons. The third kappa shape index (κ3) is 6.02. The van der Waals surface area contributed by atoms with Gasteiger partial charge in [0.05, 0.1) is 22.9 Å². The average Bonchev–Trinajstić information content (AvgIpc) is 3.22. The molecule has 0 spiro atoms. The first kappa shape index (κ1) is 28.0. The maximum atomic E-state index is 13.1. The number of aliphatic hydroxyl groups excluding tert-OH is 2. The molecule has 0 aliphatic heterocycles. The monoisotopic (exact) mass is 525 g/mol. The lowest BCUT2D eigenvalue weighted by Crippen LogP contribution is -2.36. The van der Waals surface area contributed by atoms with Crippen LogP contribution >= 0.6 is 0 Å². The van der Waals surface area contributed by atoms with Gasteiger partial charge in [-0.15, -0.1) is 0 Å². The highest BCUT2D eigenvalue weighted by molar-refractivity contribution is 7.91. The topological polar surface area (TPSA) is 87.0 Å². The minimum atomic E-state index is -3.32. The zero-order chi connectivity index (χ0) is 26.8. The second kappa shape index (κ2) is 11.4. The van der Waals surface area contributed by atoms with Crippen molar-refractivity contribution >= 4 is 16.1 Å². The van der Waals surface area contributed by atoms with E-state index in [2.05, 4.69) is 37.6 Å². The summed E-state index contributed by atoms with van der Waals surface area (Å²) in [5, 5.41) is 20.3. The van der Waals surface area contributed by atoms with E-state index in [4.69, 9.17) is 0 Å². The molecule has 0 unspecified atom stereocenters. The van der Waals surface area contributed by atoms with Gasteiger partial charge >= 0.3 is 0 Å². The zero-order valence-electron chi connectivity index (χ0n) is 22.6. The van der Waals surface area contributed by atoms with Crippen LogP contribution in [0.5, 0.6) is 0 Å². The Morgan fingerprint density at radius 3 is 2.62 bits per heavy atom. The minimum Gasteiger partial charge on any atom is -0.393 e. The minimum absolute atomic E-state index is 0.175. The first-order chi connectivity index (χ1) is 17.5. The van der Waals surface area contributed by atoms with Crippen molar-refractivity contribution in [3.05, 3.63) is 65.3 Å². The Labute approximate surface area is 223 Å². The van der Waals surface area contributed by atoms with Gasteiger partial charge in [-0.05, 0) is 97.0 Å². The van der Waals surface area contributed by atoms with Crippen LogP contribution < -0.4 is 0 Å². The van der Waals surface area contributed by atoms with E-state index in [0.29, 0.717) is 41.9 Å². The van der Waals surface area contributed by atoms with E-state index in [1.807, 2.05) is 0 Å². The summed E-state index contributed by atoms with van der Waals surface area (Å²) < 4.78 is 26.1. The molecule has 6 atom stereocenters. The van der Waals surface area contributed by atoms with Gasteiger partial charge in [-0.1, -0.05) is 50.3 Å². The Kier molecular flexibility index (Phi) is 8.61. The Balaban J connectivity index is 1.44. The maximum Gasteiger partial charge on any atom is 0.178 e. The molecule has 0 amide bonds. The van der Waals surface area contributed by atoms with Crippen molar-refractivity contribution in [2.45, 2.75) is 82.3 Å². The number of allylic oxidation sites excluding steroid dienone is 3. The summed E-state index contributed by atoms with van der Waals surface area (Å²) in [5.74, 6) is 1.51. The molecule has 3 aliphatic carbocycles. The van der Waals surface area contributed by atoms with Crippen LogP contribution in [-0.4, -0.2) is 49.9 Å². The molecular formula is C31H43NO4S. The summed E-state index contributed by atoms with van der Waals surface area (Å²) >= 11 is 0. The van der Waals surface area contributed by atoms with Gasteiger partial charge in [-0.25, -0.2) is 8.42 Å². The maximum absolute atomic E-state index is 13.1. The van der Waals surface area contributed by atoms with E-state index < -0.39 is 22.0 Å². The van der Waals surface area contributed by atoms with Crippen molar-refractivity contribution in [2.24, 2.45) is 28.2 Å². The number of benzene rings is 1. The van der Waals surface area contributed by atoms with Crippen LogP contribution in [-0.2, 0) is 9.84 Å². The van der Waals surface area contributed by atoms with E-state index in [1.54, 1.807) is 37.5 Å². The second-order valence-corrected chi connectivity index (χ2v) is 13.8. The van der Waals surface area contributed by atoms with Gasteiger partial charge in [-0.2, -0.15) is 0 Å². The molecule has 0 saturated heterocycles. The molecule has 0 radical (unpaired) electrons. The number of hydrogen-bond donors (Lipinski definition) is 2. The number of nitrogens with zero attached hydrogens (tertiary/aromatic N) is 1. The van der Waals surface area contributed by atoms with Gasteiger partial charge in [-0.3, -0.25) is 4.99 Å². The van der Waals surface area contributed by atoms with E-state index >= 15 is 0 Å². The normalized spacial score (nSPS) is 33.8. The van der Waals surface area contributed by atoms with Crippen LogP contribution in [0.4, 0.5) is 0 Å². The summed E-state index contributed by atoms with van der Waals surface area (Å²) in [7, 11) is -1.62. The number of aliphatic hydroxyl groups is 2. The largest absolute Gasteiger partial charge is 0.393 e. The lowest BCUT2D eigenvalue weighted by Gasteiger charge is -2.44. The van der Waals surface area contributed by atoms with Crippen LogP contribution in [0.3, 0.4) is 0 Å². The van der Waals surface area contributed by atoms with E-state index in [0.717, 1.165) is 42.4 Å². The van der Waals surface area contributed by atoms with Crippen molar-refractivity contribution < 1.29 is 18.6 Å². The average molecular weight is 526 g/mol. The van der Waals surface area contributed by atoms with Crippen molar-refractivity contribution in [2.75, 3.05) is 12.8 Å². The summed E-state index contributed by atoms with van der Waals surface area (Å²) in [6.07, 6.45) is 12.1. The van der Waals surface area contributed by atoms with Crippen molar-refractivity contribution in [3.8, 4) is 0 Å². The Morgan fingerprint density at radius 2 is 1.92 bits per heavy atom. The molecule has 0 aromatic heterocycles. The first-order valence-corrected chi connectivity index (χ1v) is 15.4. The summed E-state index contributed by atoms with van der Waals surface area (Å²) in [5.41, 5.74) is 4.22. The molecule has 3 fully saturated rings. The Morgan fingerprint density at radius 1 is 1.19 bits per heavy atom. The third-order valence-electron chi connectivity index (χ3n) is 9.35. The number of aliphatic imine (C=N–C) groups is 1. The molecule has 0 heterocycles. The van der Waals surface area contributed by atoms with Crippen molar-refractivity contribution in [1.29, 1.82) is 0 Å². The molecule has 6 heteroatoms. The van der Waals surface area contributed by atoms with Crippen LogP contribution in [0.2, 0.25) is 0 Å². The highest BCUT2D eigenvalue weighted by Crippen LogP contribution is 2.59. The SMILES string of the molecule is C=C1/C(=C\C=C2/CCC[C@]3(C)[C@@H]([C@H](C)CCS(=O)(=O)c4ccc(/C=N/C)cc4)CC[C@@H]23)C[C@@H](O)C[C@@H]1O. The van der Waals surface area contributed by atoms with Gasteiger partial charge in [0.1, 0.15) is 0 Å². The molecule has 1 aromatic carbocycles. The van der Waals surface area contributed by atoms with Gasteiger partial charge in [0.15, 0.2) is 9.84 Å². The van der Waals surface area contributed by atoms with E-state index in [9.17, 15) is 18.6 Å². The predicted molar refractivity (Wildman–Crippen MR) is 151 cm³/mol. The number of rotatable bonds is 7. The summed E-state index contributed by atoms with van der Waals surface area (Å²) in [6.45, 7) is 8.71. The fourth-order valence-corrected chi connectivity index (χ4v) is 8.72. The second-order valence-electron chi connectivity index (χ2n) is 11.7. The summed E-state index contributed by atoms with van der Waals surface area (Å²) in [6, 6.07) is 6.99. The summed E-state index contributed by atoms with van der Waals surface area (Å²) in [4.78, 5) is 4.37. The first-order valence-electron chi connectivity index (χ1n) is 13.7. The van der Waals surface area contributed by atoms with Gasteiger partial charge < -0.3 is 10.2 Å². The van der Waals surface area contributed by atoms with Crippen LogP contribution in [0.15, 0.2) is 69.6 Å². The third-order valence-corrected chi connectivity index (χ3v) is 11.1. The van der Waals surface area contributed by atoms with Gasteiger partial charge in [0, 0.05) is 19.7 Å². The Bertz CT molecular complexity index is 1180. The molecule has 0 bridgehead atoms. The number of hydrogen-bond acceptors (Lipinski definition) is 5. The molecule has 2 N–H and O–H groups in total. The van der Waals surface area contributed by atoms with Crippen molar-refractivity contribution in [3.63, 3.8) is 0 Å².